The number of ether oxygens (including phenoxy) is 1. The first kappa shape index (κ1) is 19.4. The molecule has 2 aromatic heterocycles. The van der Waals surface area contributed by atoms with E-state index in [9.17, 15) is 9.59 Å². The smallest absolute Gasteiger partial charge is 0.333 e. The highest BCUT2D eigenvalue weighted by molar-refractivity contribution is 5.97. The molecule has 2 aromatic carbocycles. The topological polar surface area (TPSA) is 72.7 Å². The third kappa shape index (κ3) is 4.07. The number of fused-ring (bicyclic) bond motifs is 1. The Balaban J connectivity index is 1.60. The van der Waals surface area contributed by atoms with Crippen molar-refractivity contribution < 1.29 is 14.3 Å². The van der Waals surface area contributed by atoms with Crippen LogP contribution in [0.15, 0.2) is 85.2 Å². The normalized spacial score (nSPS) is 11.8. The largest absolute Gasteiger partial charge is 0.464 e. The maximum Gasteiger partial charge on any atom is 0.333 e. The molecule has 6 heteroatoms. The molecule has 1 atom stereocenters. The molecule has 1 N–H and O–H groups in total. The maximum atomic E-state index is 12.9. The van der Waals surface area contributed by atoms with Gasteiger partial charge < -0.3 is 14.5 Å². The number of amides is 1. The number of hydrogen-bond acceptors (Lipinski definition) is 4. The zero-order valence-corrected chi connectivity index (χ0v) is 16.5. The number of pyridine rings is 1. The second-order valence-electron chi connectivity index (χ2n) is 6.74. The number of nitrogens with zero attached hydrogens (tertiary/aromatic N) is 2. The molecule has 4 rings (SSSR count). The number of rotatable bonds is 6. The minimum atomic E-state index is -0.880. The van der Waals surface area contributed by atoms with E-state index in [1.165, 1.54) is 0 Å². The van der Waals surface area contributed by atoms with Gasteiger partial charge in [-0.25, -0.2) is 9.78 Å². The highest BCUT2D eigenvalue weighted by Gasteiger charge is 2.24. The molecular weight excluding hydrogens is 378 g/mol. The van der Waals surface area contributed by atoms with Crippen molar-refractivity contribution in [2.24, 2.45) is 0 Å². The van der Waals surface area contributed by atoms with E-state index in [-0.39, 0.29) is 12.5 Å². The Morgan fingerprint density at radius 3 is 2.43 bits per heavy atom. The summed E-state index contributed by atoms with van der Waals surface area (Å²) in [5, 5.41) is 2.79. The van der Waals surface area contributed by atoms with Gasteiger partial charge in [0.25, 0.3) is 5.91 Å². The molecule has 0 aliphatic carbocycles. The number of aromatic nitrogens is 2. The predicted molar refractivity (Wildman–Crippen MR) is 114 cm³/mol. The molecule has 0 saturated carbocycles. The summed E-state index contributed by atoms with van der Waals surface area (Å²) in [5.74, 6) is -0.867. The molecule has 1 amide bonds. The molecule has 0 fully saturated rings. The van der Waals surface area contributed by atoms with Crippen LogP contribution in [0.2, 0.25) is 0 Å². The van der Waals surface area contributed by atoms with Crippen LogP contribution in [0, 0.1) is 0 Å². The minimum Gasteiger partial charge on any atom is -0.464 e. The van der Waals surface area contributed by atoms with E-state index < -0.39 is 12.0 Å². The maximum absolute atomic E-state index is 12.9. The molecule has 150 valence electrons. The van der Waals surface area contributed by atoms with Gasteiger partial charge in [0.2, 0.25) is 0 Å². The number of imidazole rings is 1. The summed E-state index contributed by atoms with van der Waals surface area (Å²) >= 11 is 0. The molecular formula is C24H21N3O3. The highest BCUT2D eigenvalue weighted by Crippen LogP contribution is 2.20. The van der Waals surface area contributed by atoms with Crippen LogP contribution in [0.1, 0.15) is 28.9 Å². The number of nitrogens with one attached hydrogen (secondary N) is 1. The Hall–Kier alpha value is -3.93. The molecule has 2 heterocycles. The van der Waals surface area contributed by atoms with E-state index in [1.807, 2.05) is 59.1 Å². The van der Waals surface area contributed by atoms with Crippen molar-refractivity contribution in [1.82, 2.24) is 14.7 Å². The lowest BCUT2D eigenvalue weighted by Crippen LogP contribution is -2.35. The van der Waals surface area contributed by atoms with E-state index in [4.69, 9.17) is 4.74 Å². The summed E-state index contributed by atoms with van der Waals surface area (Å²) in [6, 6.07) is 21.4. The first-order valence-corrected chi connectivity index (χ1v) is 9.72. The zero-order valence-electron chi connectivity index (χ0n) is 16.5. The average Bonchev–Trinajstić information content (AvgIpc) is 3.22. The quantitative estimate of drug-likeness (QED) is 0.497. The number of carbonyl (C=O) groups excluding carboxylic acids is 2. The lowest BCUT2D eigenvalue weighted by Gasteiger charge is -2.17. The van der Waals surface area contributed by atoms with Gasteiger partial charge >= 0.3 is 5.97 Å². The summed E-state index contributed by atoms with van der Waals surface area (Å²) in [6.45, 7) is 1.97. The van der Waals surface area contributed by atoms with Gasteiger partial charge in [-0.15, -0.1) is 0 Å². The predicted octanol–water partition coefficient (Wildman–Crippen LogP) is 4.04. The van der Waals surface area contributed by atoms with Gasteiger partial charge in [0.1, 0.15) is 5.65 Å². The van der Waals surface area contributed by atoms with Crippen molar-refractivity contribution in [2.45, 2.75) is 13.0 Å². The Morgan fingerprint density at radius 2 is 1.73 bits per heavy atom. The molecule has 0 radical (unpaired) electrons. The van der Waals surface area contributed by atoms with Crippen molar-refractivity contribution in [3.63, 3.8) is 0 Å². The first-order chi connectivity index (χ1) is 14.7. The molecule has 0 saturated heterocycles. The van der Waals surface area contributed by atoms with Gasteiger partial charge in [-0.05, 0) is 24.6 Å². The minimum absolute atomic E-state index is 0.236. The van der Waals surface area contributed by atoms with Crippen molar-refractivity contribution in [3.8, 4) is 11.3 Å². The monoisotopic (exact) mass is 399 g/mol. The van der Waals surface area contributed by atoms with Crippen molar-refractivity contribution in [1.29, 1.82) is 0 Å². The number of benzene rings is 2. The van der Waals surface area contributed by atoms with Crippen LogP contribution in [0.4, 0.5) is 0 Å². The van der Waals surface area contributed by atoms with Crippen molar-refractivity contribution in [3.05, 3.63) is 96.3 Å². The number of esters is 1. The van der Waals surface area contributed by atoms with Crippen molar-refractivity contribution in [2.75, 3.05) is 6.61 Å². The molecule has 30 heavy (non-hydrogen) atoms. The fourth-order valence-electron chi connectivity index (χ4n) is 3.23. The molecule has 0 spiro atoms. The molecule has 0 aliphatic rings. The molecule has 1 unspecified atom stereocenters. The van der Waals surface area contributed by atoms with Crippen LogP contribution in [0.25, 0.3) is 16.9 Å². The fourth-order valence-corrected chi connectivity index (χ4v) is 3.23. The first-order valence-electron chi connectivity index (χ1n) is 9.72. The van der Waals surface area contributed by atoms with E-state index >= 15 is 0 Å². The van der Waals surface area contributed by atoms with E-state index in [2.05, 4.69) is 10.3 Å². The SMILES string of the molecule is CCOC(=O)C(NC(=O)c1ccn2cc(-c3ccccc3)nc2c1)c1ccccc1. The van der Waals surface area contributed by atoms with Gasteiger partial charge in [0, 0.05) is 23.5 Å². The molecule has 4 aromatic rings. The van der Waals surface area contributed by atoms with Crippen LogP contribution >= 0.6 is 0 Å². The van der Waals surface area contributed by atoms with Crippen LogP contribution in [0.5, 0.6) is 0 Å². The summed E-state index contributed by atoms with van der Waals surface area (Å²) in [7, 11) is 0. The van der Waals surface area contributed by atoms with Crippen LogP contribution in [-0.4, -0.2) is 27.9 Å². The third-order valence-corrected chi connectivity index (χ3v) is 4.72. The van der Waals surface area contributed by atoms with Crippen LogP contribution < -0.4 is 5.32 Å². The molecule has 6 nitrogen and oxygen atoms in total. The van der Waals surface area contributed by atoms with E-state index in [1.54, 1.807) is 37.4 Å². The summed E-state index contributed by atoms with van der Waals surface area (Å²) < 4.78 is 7.01. The lowest BCUT2D eigenvalue weighted by atomic mass is 10.1. The second-order valence-corrected chi connectivity index (χ2v) is 6.74. The zero-order chi connectivity index (χ0) is 20.9. The second kappa shape index (κ2) is 8.61. The molecule has 0 aliphatic heterocycles. The van der Waals surface area contributed by atoms with Gasteiger partial charge in [0.05, 0.1) is 12.3 Å². The Morgan fingerprint density at radius 1 is 1.03 bits per heavy atom. The van der Waals surface area contributed by atoms with Gasteiger partial charge in [0.15, 0.2) is 6.04 Å². The third-order valence-electron chi connectivity index (χ3n) is 4.72. The van der Waals surface area contributed by atoms with Gasteiger partial charge in [-0.2, -0.15) is 0 Å². The van der Waals surface area contributed by atoms with Crippen molar-refractivity contribution >= 4 is 17.5 Å². The Labute approximate surface area is 174 Å². The van der Waals surface area contributed by atoms with Crippen LogP contribution in [0.3, 0.4) is 0 Å². The van der Waals surface area contributed by atoms with E-state index in [0.717, 1.165) is 11.3 Å². The average molecular weight is 399 g/mol. The summed E-state index contributed by atoms with van der Waals surface area (Å²) in [6.07, 6.45) is 3.70. The lowest BCUT2D eigenvalue weighted by molar-refractivity contribution is -0.145. The van der Waals surface area contributed by atoms with Gasteiger partial charge in [-0.3, -0.25) is 4.79 Å². The molecule has 0 bridgehead atoms. The van der Waals surface area contributed by atoms with Gasteiger partial charge in [-0.1, -0.05) is 60.7 Å². The van der Waals surface area contributed by atoms with Crippen LogP contribution in [-0.2, 0) is 9.53 Å². The highest BCUT2D eigenvalue weighted by atomic mass is 16.5. The number of hydrogen-bond donors (Lipinski definition) is 1. The van der Waals surface area contributed by atoms with E-state index in [0.29, 0.717) is 16.8 Å². The Bertz CT molecular complexity index is 1170. The summed E-state index contributed by atoms with van der Waals surface area (Å²) in [4.78, 5) is 30.0. The standard InChI is InChI=1S/C24H21N3O3/c1-2-30-24(29)22(18-11-7-4-8-12-18)26-23(28)19-13-14-27-16-20(25-21(27)15-19)17-9-5-3-6-10-17/h3-16,22H,2H2,1H3,(H,26,28). The Kier molecular flexibility index (Phi) is 5.57. The number of carbonyl (C=O) groups is 2. The summed E-state index contributed by atoms with van der Waals surface area (Å²) in [5.41, 5.74) is 3.55. The fraction of sp³-hybridized carbons (Fsp3) is 0.125.